The molecule has 3 rings (SSSR count). The Kier molecular flexibility index (Phi) is 5.93. The van der Waals surface area contributed by atoms with Crippen molar-refractivity contribution in [2.45, 2.75) is 17.2 Å². The van der Waals surface area contributed by atoms with E-state index in [0.29, 0.717) is 3.97 Å². The molecule has 0 N–H and O–H groups in total. The molecular weight excluding hydrogens is 476 g/mol. The average Bonchev–Trinajstić information content (AvgIpc) is 3.16. The molecule has 0 aliphatic heterocycles. The molecule has 14 heteroatoms. The molecule has 6 nitrogen and oxygen atoms in total. The van der Waals surface area contributed by atoms with Gasteiger partial charge in [0.1, 0.15) is 10.7 Å². The van der Waals surface area contributed by atoms with Crippen LogP contribution < -0.4 is 4.74 Å². The van der Waals surface area contributed by atoms with Gasteiger partial charge < -0.3 is 4.74 Å². The van der Waals surface area contributed by atoms with Crippen LogP contribution in [0.25, 0.3) is 11.3 Å². The first-order valence-electron chi connectivity index (χ1n) is 8.12. The van der Waals surface area contributed by atoms with Gasteiger partial charge in [-0.2, -0.15) is 36.3 Å². The van der Waals surface area contributed by atoms with Crippen LogP contribution in [-0.4, -0.2) is 35.1 Å². The summed E-state index contributed by atoms with van der Waals surface area (Å²) in [7, 11) is -4.15. The Morgan fingerprint density at radius 1 is 1.00 bits per heavy atom. The van der Waals surface area contributed by atoms with Crippen LogP contribution in [0.3, 0.4) is 0 Å². The molecule has 0 unspecified atom stereocenters. The molecule has 0 radical (unpaired) electrons. The number of benzene rings is 1. The zero-order valence-corrected chi connectivity index (χ0v) is 16.5. The molecule has 0 bridgehead atoms. The van der Waals surface area contributed by atoms with Crippen molar-refractivity contribution in [3.8, 4) is 17.3 Å². The van der Waals surface area contributed by atoms with Crippen molar-refractivity contribution in [2.24, 2.45) is 0 Å². The lowest BCUT2D eigenvalue weighted by atomic mass is 10.1. The highest BCUT2D eigenvalue weighted by molar-refractivity contribution is 7.90. The second-order valence-corrected chi connectivity index (χ2v) is 8.17. The Hall–Kier alpha value is -2.80. The van der Waals surface area contributed by atoms with Crippen LogP contribution in [0.2, 0.25) is 5.15 Å². The lowest BCUT2D eigenvalue weighted by molar-refractivity contribution is -0.155. The van der Waals surface area contributed by atoms with Crippen LogP contribution >= 0.6 is 11.6 Å². The molecule has 0 saturated carbocycles. The zero-order chi connectivity index (χ0) is 23.0. The van der Waals surface area contributed by atoms with Gasteiger partial charge in [0.15, 0.2) is 6.61 Å². The van der Waals surface area contributed by atoms with E-state index in [1.807, 2.05) is 0 Å². The second kappa shape index (κ2) is 8.04. The number of hydrogen-bond acceptors (Lipinski definition) is 5. The number of aromatic nitrogens is 3. The SMILES string of the molecule is O=S(=O)(c1ccccc1)n1ccc(-c2nc(OCC(F)(F)F)nc(Cl)c2C(F)(F)F)c1. The van der Waals surface area contributed by atoms with Crippen LogP contribution in [-0.2, 0) is 16.2 Å². The van der Waals surface area contributed by atoms with Gasteiger partial charge >= 0.3 is 18.4 Å². The van der Waals surface area contributed by atoms with E-state index in [0.717, 1.165) is 18.5 Å². The molecule has 166 valence electrons. The summed E-state index contributed by atoms with van der Waals surface area (Å²) in [6.07, 6.45) is -8.10. The fraction of sp³-hybridized carbons (Fsp3) is 0.176. The van der Waals surface area contributed by atoms with Gasteiger partial charge in [0, 0.05) is 18.0 Å². The summed E-state index contributed by atoms with van der Waals surface area (Å²) in [5.74, 6) is 0. The van der Waals surface area contributed by atoms with Crippen molar-refractivity contribution < 1.29 is 39.5 Å². The molecule has 2 heterocycles. The summed E-state index contributed by atoms with van der Waals surface area (Å²) in [6, 6.07) is 6.97. The maximum atomic E-state index is 13.5. The van der Waals surface area contributed by atoms with Crippen LogP contribution in [0.1, 0.15) is 5.56 Å². The molecule has 1 aromatic carbocycles. The fourth-order valence-corrected chi connectivity index (χ4v) is 3.95. The average molecular weight is 486 g/mol. The van der Waals surface area contributed by atoms with E-state index < -0.39 is 51.4 Å². The standard InChI is InChI=1S/C17H10ClF6N3O3S/c18-14-12(17(22,23)24)13(25-15(26-14)30-9-16(19,20)21)10-6-7-27(8-10)31(28,29)11-4-2-1-3-5-11/h1-8H,9H2. The van der Waals surface area contributed by atoms with Crippen molar-refractivity contribution in [2.75, 3.05) is 6.61 Å². The largest absolute Gasteiger partial charge is 0.454 e. The molecule has 0 aliphatic carbocycles. The maximum absolute atomic E-state index is 13.5. The third-order valence-corrected chi connectivity index (χ3v) is 5.68. The minimum atomic E-state index is -5.09. The van der Waals surface area contributed by atoms with E-state index in [2.05, 4.69) is 14.7 Å². The quantitative estimate of drug-likeness (QED) is 0.383. The van der Waals surface area contributed by atoms with Crippen LogP contribution in [0.15, 0.2) is 53.7 Å². The van der Waals surface area contributed by atoms with Crippen molar-refractivity contribution >= 4 is 21.6 Å². The van der Waals surface area contributed by atoms with Crippen LogP contribution in [0, 0.1) is 0 Å². The number of ether oxygens (including phenoxy) is 1. The van der Waals surface area contributed by atoms with E-state index in [1.54, 1.807) is 6.07 Å². The molecule has 0 atom stereocenters. The van der Waals surface area contributed by atoms with Gasteiger partial charge in [-0.3, -0.25) is 0 Å². The van der Waals surface area contributed by atoms with Crippen molar-refractivity contribution in [1.29, 1.82) is 0 Å². The lowest BCUT2D eigenvalue weighted by Crippen LogP contribution is -2.21. The Morgan fingerprint density at radius 3 is 2.23 bits per heavy atom. The fourth-order valence-electron chi connectivity index (χ4n) is 2.47. The van der Waals surface area contributed by atoms with Gasteiger partial charge in [-0.25, -0.2) is 12.4 Å². The molecule has 0 amide bonds. The summed E-state index contributed by atoms with van der Waals surface area (Å²) in [4.78, 5) is 6.38. The molecule has 31 heavy (non-hydrogen) atoms. The first-order valence-corrected chi connectivity index (χ1v) is 9.94. The molecule has 0 spiro atoms. The Bertz CT molecular complexity index is 1190. The lowest BCUT2D eigenvalue weighted by Gasteiger charge is -2.15. The van der Waals surface area contributed by atoms with Gasteiger partial charge in [-0.05, 0) is 18.2 Å². The highest BCUT2D eigenvalue weighted by Gasteiger charge is 2.39. The number of nitrogens with zero attached hydrogens (tertiary/aromatic N) is 3. The summed E-state index contributed by atoms with van der Waals surface area (Å²) >= 11 is 5.55. The van der Waals surface area contributed by atoms with Gasteiger partial charge in [-0.1, -0.05) is 29.8 Å². The summed E-state index contributed by atoms with van der Waals surface area (Å²) < 4.78 is 108. The van der Waals surface area contributed by atoms with Gasteiger partial charge in [-0.15, -0.1) is 0 Å². The number of alkyl halides is 6. The first-order chi connectivity index (χ1) is 14.3. The molecule has 0 fully saturated rings. The normalized spacial score (nSPS) is 12.7. The van der Waals surface area contributed by atoms with Crippen molar-refractivity contribution in [3.05, 3.63) is 59.5 Å². The number of halogens is 7. The number of rotatable bonds is 5. The van der Waals surface area contributed by atoms with Gasteiger partial charge in [0.2, 0.25) is 0 Å². The predicted molar refractivity (Wildman–Crippen MR) is 96.0 cm³/mol. The van der Waals surface area contributed by atoms with E-state index >= 15 is 0 Å². The van der Waals surface area contributed by atoms with E-state index in [1.165, 1.54) is 24.3 Å². The molecule has 0 saturated heterocycles. The first kappa shape index (κ1) is 22.9. The highest BCUT2D eigenvalue weighted by Crippen LogP contribution is 2.41. The van der Waals surface area contributed by atoms with Crippen molar-refractivity contribution in [1.82, 2.24) is 13.9 Å². The monoisotopic (exact) mass is 485 g/mol. The molecule has 3 aromatic rings. The number of hydrogen-bond donors (Lipinski definition) is 0. The molecular formula is C17H10ClF6N3O3S. The predicted octanol–water partition coefficient (Wildman–Crippen LogP) is 4.80. The minimum Gasteiger partial charge on any atom is -0.454 e. The van der Waals surface area contributed by atoms with Gasteiger partial charge in [0.05, 0.1) is 10.6 Å². The Balaban J connectivity index is 2.10. The third-order valence-electron chi connectivity index (χ3n) is 3.75. The Labute approximate surface area is 176 Å². The molecule has 2 aromatic heterocycles. The molecule has 0 aliphatic rings. The van der Waals surface area contributed by atoms with Crippen LogP contribution in [0.5, 0.6) is 6.01 Å². The summed E-state index contributed by atoms with van der Waals surface area (Å²) in [5, 5.41) is -1.20. The highest BCUT2D eigenvalue weighted by atomic mass is 35.5. The second-order valence-electron chi connectivity index (χ2n) is 5.97. The van der Waals surface area contributed by atoms with Crippen LogP contribution in [0.4, 0.5) is 26.3 Å². The maximum Gasteiger partial charge on any atom is 0.422 e. The minimum absolute atomic E-state index is 0.136. The van der Waals surface area contributed by atoms with E-state index in [-0.39, 0.29) is 10.5 Å². The smallest absolute Gasteiger partial charge is 0.422 e. The van der Waals surface area contributed by atoms with Crippen molar-refractivity contribution in [3.63, 3.8) is 0 Å². The zero-order valence-electron chi connectivity index (χ0n) is 14.9. The summed E-state index contributed by atoms with van der Waals surface area (Å²) in [6.45, 7) is -1.86. The summed E-state index contributed by atoms with van der Waals surface area (Å²) in [5.41, 5.74) is -2.87. The van der Waals surface area contributed by atoms with E-state index in [4.69, 9.17) is 11.6 Å². The van der Waals surface area contributed by atoms with E-state index in [9.17, 15) is 34.8 Å². The van der Waals surface area contributed by atoms with Gasteiger partial charge in [0.25, 0.3) is 10.0 Å². The topological polar surface area (TPSA) is 74.1 Å². The third kappa shape index (κ3) is 5.10. The Morgan fingerprint density at radius 2 is 1.65 bits per heavy atom.